The van der Waals surface area contributed by atoms with Crippen LogP contribution in [0.25, 0.3) is 33.1 Å². The highest BCUT2D eigenvalue weighted by Crippen LogP contribution is 2.35. The largest absolute Gasteiger partial charge is 0.481 e. The van der Waals surface area contributed by atoms with Crippen LogP contribution >= 0.6 is 0 Å². The van der Waals surface area contributed by atoms with Crippen molar-refractivity contribution in [2.24, 2.45) is 0 Å². The van der Waals surface area contributed by atoms with Gasteiger partial charge in [-0.3, -0.25) is 14.9 Å². The number of aryl methyl sites for hydroxylation is 1. The first-order valence-electron chi connectivity index (χ1n) is 13.9. The van der Waals surface area contributed by atoms with E-state index in [1.54, 1.807) is 13.2 Å². The first-order valence-corrected chi connectivity index (χ1v) is 13.9. The number of piperazine rings is 1. The summed E-state index contributed by atoms with van der Waals surface area (Å²) in [7, 11) is 3.75. The van der Waals surface area contributed by atoms with Crippen LogP contribution in [-0.4, -0.2) is 89.3 Å². The fraction of sp³-hybridized carbons (Fsp3) is 0.387. The third-order valence-corrected chi connectivity index (χ3v) is 7.40. The van der Waals surface area contributed by atoms with Gasteiger partial charge in [-0.25, -0.2) is 9.37 Å². The van der Waals surface area contributed by atoms with Crippen LogP contribution in [0.1, 0.15) is 25.3 Å². The number of likely N-dealkylation sites (tertiary alicyclic amines) is 1. The maximum atomic E-state index is 13.2. The van der Waals surface area contributed by atoms with Gasteiger partial charge >= 0.3 is 0 Å². The lowest BCUT2D eigenvalue weighted by molar-refractivity contribution is -0.128. The molecule has 1 amide bonds. The lowest BCUT2D eigenvalue weighted by Crippen LogP contribution is -2.49. The lowest BCUT2D eigenvalue weighted by Gasteiger charge is -2.36. The highest BCUT2D eigenvalue weighted by atomic mass is 19.1. The maximum Gasteiger partial charge on any atom is 0.282 e. The number of benzene rings is 1. The molecule has 0 aliphatic carbocycles. The van der Waals surface area contributed by atoms with E-state index in [9.17, 15) is 9.18 Å². The van der Waals surface area contributed by atoms with E-state index in [2.05, 4.69) is 51.6 Å². The van der Waals surface area contributed by atoms with E-state index in [0.717, 1.165) is 38.8 Å². The van der Waals surface area contributed by atoms with E-state index in [0.29, 0.717) is 37.6 Å². The first kappa shape index (κ1) is 30.4. The minimum atomic E-state index is -0.934. The summed E-state index contributed by atoms with van der Waals surface area (Å²) in [5.41, 5.74) is 6.38. The average molecular weight is 573 g/mol. The quantitative estimate of drug-likeness (QED) is 0.345. The number of amides is 1. The van der Waals surface area contributed by atoms with Crippen molar-refractivity contribution in [1.29, 1.82) is 5.26 Å². The Hall–Kier alpha value is -4.56. The molecule has 2 saturated heterocycles. The second-order valence-corrected chi connectivity index (χ2v) is 10.3. The van der Waals surface area contributed by atoms with Crippen molar-refractivity contribution in [2.75, 3.05) is 58.3 Å². The van der Waals surface area contributed by atoms with E-state index in [-0.39, 0.29) is 0 Å². The van der Waals surface area contributed by atoms with Crippen molar-refractivity contribution in [3.63, 3.8) is 0 Å². The van der Waals surface area contributed by atoms with E-state index in [1.165, 1.54) is 37.8 Å². The number of aromatic amines is 1. The van der Waals surface area contributed by atoms with Crippen LogP contribution in [0, 0.1) is 18.3 Å². The van der Waals surface area contributed by atoms with Gasteiger partial charge in [-0.05, 0) is 63.2 Å². The van der Waals surface area contributed by atoms with E-state index >= 15 is 0 Å². The van der Waals surface area contributed by atoms with Crippen molar-refractivity contribution in [1.82, 2.24) is 30.0 Å². The Labute approximate surface area is 245 Å². The molecular weight excluding hydrogens is 535 g/mol. The predicted octanol–water partition coefficient (Wildman–Crippen LogP) is 4.86. The summed E-state index contributed by atoms with van der Waals surface area (Å²) in [6, 6.07) is 9.67. The molecule has 42 heavy (non-hydrogen) atoms. The molecular formula is C31H37FN8O2. The highest BCUT2D eigenvalue weighted by molar-refractivity contribution is 5.99. The number of ether oxygens (including phenoxy) is 1. The van der Waals surface area contributed by atoms with Gasteiger partial charge in [0.1, 0.15) is 5.52 Å². The summed E-state index contributed by atoms with van der Waals surface area (Å²) < 4.78 is 18.7. The normalized spacial score (nSPS) is 15.0. The van der Waals surface area contributed by atoms with Crippen LogP contribution < -0.4 is 9.64 Å². The molecule has 0 atom stereocenters. The molecule has 4 aromatic rings. The number of rotatable bonds is 4. The Morgan fingerprint density at radius 2 is 1.81 bits per heavy atom. The minimum Gasteiger partial charge on any atom is -0.481 e. The molecule has 0 bridgehead atoms. The van der Waals surface area contributed by atoms with Gasteiger partial charge in [0.05, 0.1) is 36.1 Å². The number of hydrogen-bond donors (Lipinski definition) is 1. The van der Waals surface area contributed by atoms with Crippen LogP contribution in [0.3, 0.4) is 0 Å². The minimum absolute atomic E-state index is 0.396. The number of H-pyrrole nitrogens is 1. The smallest absolute Gasteiger partial charge is 0.282 e. The van der Waals surface area contributed by atoms with Gasteiger partial charge in [-0.2, -0.15) is 10.4 Å². The number of fused-ring (bicyclic) bond motifs is 2. The van der Waals surface area contributed by atoms with Crippen molar-refractivity contribution >= 4 is 33.5 Å². The zero-order chi connectivity index (χ0) is 30.2. The van der Waals surface area contributed by atoms with Gasteiger partial charge in [0, 0.05) is 56.3 Å². The summed E-state index contributed by atoms with van der Waals surface area (Å²) in [6.45, 7) is 11.1. The summed E-state index contributed by atoms with van der Waals surface area (Å²) in [4.78, 5) is 27.3. The molecule has 0 spiro atoms. The molecule has 2 fully saturated rings. The first-order chi connectivity index (χ1) is 20.3. The van der Waals surface area contributed by atoms with E-state index in [1.807, 2.05) is 30.6 Å². The lowest BCUT2D eigenvalue weighted by atomic mass is 9.98. The number of pyridine rings is 2. The molecule has 2 aliphatic rings. The third kappa shape index (κ3) is 6.83. The Balaban J connectivity index is 0.000000390. The van der Waals surface area contributed by atoms with E-state index < -0.39 is 11.7 Å². The Kier molecular flexibility index (Phi) is 10.0. The molecule has 11 heteroatoms. The number of anilines is 1. The number of nitriles is 1. The Morgan fingerprint density at radius 1 is 1.12 bits per heavy atom. The predicted molar refractivity (Wildman–Crippen MR) is 163 cm³/mol. The summed E-state index contributed by atoms with van der Waals surface area (Å²) in [5, 5.41) is 15.5. The topological polar surface area (TPSA) is 114 Å². The Bertz CT molecular complexity index is 1600. The number of methoxy groups -OCH3 is 1. The molecule has 6 rings (SSSR count). The molecule has 3 aromatic heterocycles. The molecule has 10 nitrogen and oxygen atoms in total. The number of nitrogens with one attached hydrogen (secondary N) is 1. The van der Waals surface area contributed by atoms with E-state index in [4.69, 9.17) is 15.0 Å². The molecule has 0 saturated carbocycles. The van der Waals surface area contributed by atoms with Crippen LogP contribution in [0.15, 0.2) is 49.1 Å². The number of carbonyl (C=O) groups excluding carboxylic acids is 1. The van der Waals surface area contributed by atoms with Crippen molar-refractivity contribution in [2.45, 2.75) is 26.7 Å². The summed E-state index contributed by atoms with van der Waals surface area (Å²) >= 11 is 0. The van der Waals surface area contributed by atoms with Crippen molar-refractivity contribution in [3.05, 3.63) is 54.6 Å². The zero-order valence-electron chi connectivity index (χ0n) is 24.7. The summed E-state index contributed by atoms with van der Waals surface area (Å²) in [5.74, 6) is -1.11. The van der Waals surface area contributed by atoms with Gasteiger partial charge in [-0.15, -0.1) is 0 Å². The number of hydrogen-bond acceptors (Lipinski definition) is 8. The van der Waals surface area contributed by atoms with Gasteiger partial charge in [0.15, 0.2) is 5.83 Å². The molecule has 2 aliphatic heterocycles. The van der Waals surface area contributed by atoms with Crippen LogP contribution in [0.5, 0.6) is 5.88 Å². The van der Waals surface area contributed by atoms with Gasteiger partial charge in [0.25, 0.3) is 5.91 Å². The van der Waals surface area contributed by atoms with Gasteiger partial charge < -0.3 is 19.4 Å². The fourth-order valence-corrected chi connectivity index (χ4v) is 5.26. The third-order valence-electron chi connectivity index (χ3n) is 7.40. The molecule has 0 unspecified atom stereocenters. The maximum absolute atomic E-state index is 13.2. The molecule has 220 valence electrons. The van der Waals surface area contributed by atoms with Crippen molar-refractivity contribution in [3.8, 4) is 23.1 Å². The van der Waals surface area contributed by atoms with Crippen LogP contribution in [0.4, 0.5) is 10.1 Å². The monoisotopic (exact) mass is 572 g/mol. The van der Waals surface area contributed by atoms with Crippen molar-refractivity contribution < 1.29 is 13.9 Å². The zero-order valence-corrected chi connectivity index (χ0v) is 24.7. The SMILES string of the molecule is C=C(F)C(=O)N1CCN(c2cc(OC)nc3cc(-c4c(C)ccc5[nH]ncc45)cnc23)CC1.CC#N.CN1CCCC1. The number of carbonyl (C=O) groups is 1. The number of nitrogens with zero attached hydrogens (tertiary/aromatic N) is 7. The number of aromatic nitrogens is 4. The summed E-state index contributed by atoms with van der Waals surface area (Å²) in [6.07, 6.45) is 6.49. The molecule has 1 N–H and O–H groups in total. The van der Waals surface area contributed by atoms with Gasteiger partial charge in [0.2, 0.25) is 5.88 Å². The number of halogens is 1. The second-order valence-electron chi connectivity index (χ2n) is 10.3. The molecule has 1 aromatic carbocycles. The highest BCUT2D eigenvalue weighted by Gasteiger charge is 2.25. The van der Waals surface area contributed by atoms with Crippen LogP contribution in [0.2, 0.25) is 0 Å². The molecule has 0 radical (unpaired) electrons. The second kappa shape index (κ2) is 13.9. The van der Waals surface area contributed by atoms with Crippen LogP contribution in [-0.2, 0) is 4.79 Å². The Morgan fingerprint density at radius 3 is 2.40 bits per heavy atom. The standard InChI is InChI=1S/C24H23FN6O2.C5H11N.C2H3N/c1-14-4-5-18-17(13-27-29-18)22(14)16-10-19-23(26-12-16)20(11-21(28-19)33-3)30-6-8-31(9-7-30)24(32)15(2)25;1-6-4-2-3-5-6;1-2-3/h4-5,10-13H,2,6-9H2,1,3H3,(H,27,29);2-5H2,1H3;1H3. The average Bonchev–Trinajstić information content (AvgIpc) is 3.68. The molecule has 5 heterocycles. The van der Waals surface area contributed by atoms with Gasteiger partial charge in [-0.1, -0.05) is 12.6 Å². The fourth-order valence-electron chi connectivity index (χ4n) is 5.26.